The first-order valence-corrected chi connectivity index (χ1v) is 6.00. The number of nitrogens with zero attached hydrogens (tertiary/aromatic N) is 1. The number of halogens is 1. The van der Waals surface area contributed by atoms with Crippen molar-refractivity contribution in [1.82, 2.24) is 10.3 Å². The quantitative estimate of drug-likeness (QED) is 0.739. The predicted molar refractivity (Wildman–Crippen MR) is 61.3 cm³/mol. The molecule has 2 aliphatic rings. The standard InChI is InChI=1S/C12H15ClN2/c1-7-4-12(13)14-6-10(7)9-5-8-2-3-11(9)15-8/h4,6,8-9,11,15H,2-3,5H2,1H3. The Bertz CT molecular complexity index is 391. The molecule has 1 aromatic heterocycles. The van der Waals surface area contributed by atoms with Crippen molar-refractivity contribution in [1.29, 1.82) is 0 Å². The Labute approximate surface area is 95.0 Å². The van der Waals surface area contributed by atoms with E-state index in [9.17, 15) is 0 Å². The van der Waals surface area contributed by atoms with Gasteiger partial charge in [-0.1, -0.05) is 11.6 Å². The van der Waals surface area contributed by atoms with E-state index < -0.39 is 0 Å². The highest BCUT2D eigenvalue weighted by atomic mass is 35.5. The molecule has 0 radical (unpaired) electrons. The number of hydrogen-bond acceptors (Lipinski definition) is 2. The molecule has 0 aliphatic carbocycles. The van der Waals surface area contributed by atoms with Crippen molar-refractivity contribution in [3.8, 4) is 0 Å². The van der Waals surface area contributed by atoms with Crippen molar-refractivity contribution in [3.63, 3.8) is 0 Å². The lowest BCUT2D eigenvalue weighted by molar-refractivity contribution is 0.504. The highest BCUT2D eigenvalue weighted by Crippen LogP contribution is 2.40. The molecule has 3 rings (SSSR count). The first-order chi connectivity index (χ1) is 7.24. The van der Waals surface area contributed by atoms with Crippen molar-refractivity contribution in [2.45, 2.75) is 44.2 Å². The van der Waals surface area contributed by atoms with Gasteiger partial charge in [-0.3, -0.25) is 0 Å². The molecule has 3 heterocycles. The van der Waals surface area contributed by atoms with E-state index in [1.54, 1.807) is 0 Å². The van der Waals surface area contributed by atoms with Crippen LogP contribution in [0.3, 0.4) is 0 Å². The number of aromatic nitrogens is 1. The lowest BCUT2D eigenvalue weighted by atomic mass is 9.83. The molecular weight excluding hydrogens is 208 g/mol. The van der Waals surface area contributed by atoms with Gasteiger partial charge in [0.2, 0.25) is 0 Å². The van der Waals surface area contributed by atoms with Crippen molar-refractivity contribution in [3.05, 3.63) is 28.5 Å². The van der Waals surface area contributed by atoms with Crippen LogP contribution in [-0.2, 0) is 0 Å². The Morgan fingerprint density at radius 1 is 1.47 bits per heavy atom. The van der Waals surface area contributed by atoms with E-state index in [1.165, 1.54) is 30.4 Å². The molecule has 15 heavy (non-hydrogen) atoms. The van der Waals surface area contributed by atoms with Gasteiger partial charge in [-0.15, -0.1) is 0 Å². The van der Waals surface area contributed by atoms with Crippen LogP contribution in [0.1, 0.15) is 36.3 Å². The molecule has 1 N–H and O–H groups in total. The van der Waals surface area contributed by atoms with Crippen LogP contribution in [-0.4, -0.2) is 17.1 Å². The average molecular weight is 223 g/mol. The summed E-state index contributed by atoms with van der Waals surface area (Å²) in [5.41, 5.74) is 2.67. The topological polar surface area (TPSA) is 24.9 Å². The second-order valence-corrected chi connectivity index (χ2v) is 5.14. The zero-order chi connectivity index (χ0) is 10.4. The maximum absolute atomic E-state index is 5.88. The van der Waals surface area contributed by atoms with Crippen LogP contribution in [0.4, 0.5) is 0 Å². The Morgan fingerprint density at radius 2 is 2.33 bits per heavy atom. The first kappa shape index (κ1) is 9.61. The van der Waals surface area contributed by atoms with E-state index in [0.29, 0.717) is 17.1 Å². The van der Waals surface area contributed by atoms with Crippen LogP contribution < -0.4 is 5.32 Å². The van der Waals surface area contributed by atoms with Crippen LogP contribution in [0.15, 0.2) is 12.3 Å². The summed E-state index contributed by atoms with van der Waals surface area (Å²) in [7, 11) is 0. The van der Waals surface area contributed by atoms with Crippen LogP contribution in [0, 0.1) is 6.92 Å². The van der Waals surface area contributed by atoms with Gasteiger partial charge in [0.25, 0.3) is 0 Å². The number of rotatable bonds is 1. The van der Waals surface area contributed by atoms with Gasteiger partial charge in [-0.25, -0.2) is 4.98 Å². The first-order valence-electron chi connectivity index (χ1n) is 5.62. The van der Waals surface area contributed by atoms with Crippen LogP contribution in [0.2, 0.25) is 5.15 Å². The highest BCUT2D eigenvalue weighted by molar-refractivity contribution is 6.29. The fourth-order valence-electron chi connectivity index (χ4n) is 3.09. The molecule has 2 fully saturated rings. The molecular formula is C12H15ClN2. The summed E-state index contributed by atoms with van der Waals surface area (Å²) in [5.74, 6) is 0.661. The van der Waals surface area contributed by atoms with E-state index in [2.05, 4.69) is 17.2 Å². The second-order valence-electron chi connectivity index (χ2n) is 4.75. The van der Waals surface area contributed by atoms with Gasteiger partial charge in [0.15, 0.2) is 0 Å². The number of nitrogens with one attached hydrogen (secondary N) is 1. The molecule has 0 spiro atoms. The van der Waals surface area contributed by atoms with Gasteiger partial charge < -0.3 is 5.32 Å². The fraction of sp³-hybridized carbons (Fsp3) is 0.583. The van der Waals surface area contributed by atoms with E-state index in [4.69, 9.17) is 11.6 Å². The Balaban J connectivity index is 1.93. The molecule has 2 nitrogen and oxygen atoms in total. The maximum atomic E-state index is 5.88. The van der Waals surface area contributed by atoms with E-state index in [1.807, 2.05) is 12.3 Å². The van der Waals surface area contributed by atoms with E-state index in [0.717, 1.165) is 6.04 Å². The number of fused-ring (bicyclic) bond motifs is 2. The van der Waals surface area contributed by atoms with Gasteiger partial charge in [0, 0.05) is 24.2 Å². The van der Waals surface area contributed by atoms with Crippen molar-refractivity contribution in [2.75, 3.05) is 0 Å². The fourth-order valence-corrected chi connectivity index (χ4v) is 3.30. The van der Waals surface area contributed by atoms with Gasteiger partial charge in [-0.05, 0) is 43.4 Å². The van der Waals surface area contributed by atoms with Crippen LogP contribution in [0.25, 0.3) is 0 Å². The minimum atomic E-state index is 0.604. The lowest BCUT2D eigenvalue weighted by Crippen LogP contribution is -2.22. The number of pyridine rings is 1. The summed E-state index contributed by atoms with van der Waals surface area (Å²) in [6, 6.07) is 3.40. The third-order valence-corrected chi connectivity index (χ3v) is 4.02. The van der Waals surface area contributed by atoms with Gasteiger partial charge in [-0.2, -0.15) is 0 Å². The predicted octanol–water partition coefficient (Wildman–Crippen LogP) is 2.65. The average Bonchev–Trinajstić information content (AvgIpc) is 2.78. The zero-order valence-corrected chi connectivity index (χ0v) is 9.59. The molecule has 3 unspecified atom stereocenters. The largest absolute Gasteiger partial charge is 0.311 e. The summed E-state index contributed by atoms with van der Waals surface area (Å²) in [6.45, 7) is 2.13. The molecule has 3 atom stereocenters. The third-order valence-electron chi connectivity index (χ3n) is 3.82. The highest BCUT2D eigenvalue weighted by Gasteiger charge is 2.40. The lowest BCUT2D eigenvalue weighted by Gasteiger charge is -2.21. The smallest absolute Gasteiger partial charge is 0.129 e. The molecule has 3 heteroatoms. The number of hydrogen-bond donors (Lipinski definition) is 1. The number of aryl methyl sites for hydroxylation is 1. The molecule has 0 saturated carbocycles. The molecule has 2 saturated heterocycles. The molecule has 0 amide bonds. The molecule has 2 bridgehead atoms. The minimum absolute atomic E-state index is 0.604. The summed E-state index contributed by atoms with van der Waals surface area (Å²) in [6.07, 6.45) is 5.90. The van der Waals surface area contributed by atoms with Crippen molar-refractivity contribution in [2.24, 2.45) is 0 Å². The Morgan fingerprint density at radius 3 is 2.93 bits per heavy atom. The van der Waals surface area contributed by atoms with Gasteiger partial charge in [0.1, 0.15) is 5.15 Å². The third kappa shape index (κ3) is 1.56. The molecule has 0 aromatic carbocycles. The molecule has 80 valence electrons. The van der Waals surface area contributed by atoms with Gasteiger partial charge >= 0.3 is 0 Å². The Hall–Kier alpha value is -0.600. The summed E-state index contributed by atoms with van der Waals surface area (Å²) in [5, 5.41) is 4.26. The van der Waals surface area contributed by atoms with E-state index in [-0.39, 0.29) is 0 Å². The van der Waals surface area contributed by atoms with Crippen molar-refractivity contribution >= 4 is 11.6 Å². The summed E-state index contributed by atoms with van der Waals surface area (Å²) in [4.78, 5) is 4.21. The van der Waals surface area contributed by atoms with Crippen LogP contribution >= 0.6 is 11.6 Å². The molecule has 1 aromatic rings. The molecule has 2 aliphatic heterocycles. The maximum Gasteiger partial charge on any atom is 0.129 e. The Kier molecular flexibility index (Phi) is 2.22. The minimum Gasteiger partial charge on any atom is -0.311 e. The van der Waals surface area contributed by atoms with Crippen LogP contribution in [0.5, 0.6) is 0 Å². The SMILES string of the molecule is Cc1cc(Cl)ncc1C1CC2CCC1N2. The zero-order valence-electron chi connectivity index (χ0n) is 8.83. The van der Waals surface area contributed by atoms with E-state index >= 15 is 0 Å². The summed E-state index contributed by atoms with van der Waals surface area (Å²) >= 11 is 5.88. The van der Waals surface area contributed by atoms with Crippen molar-refractivity contribution < 1.29 is 0 Å². The monoisotopic (exact) mass is 222 g/mol. The summed E-state index contributed by atoms with van der Waals surface area (Å²) < 4.78 is 0. The normalized spacial score (nSPS) is 33.6. The second kappa shape index (κ2) is 3.46. The van der Waals surface area contributed by atoms with Gasteiger partial charge in [0.05, 0.1) is 0 Å².